The van der Waals surface area contributed by atoms with Crippen LogP contribution in [0.25, 0.3) is 5.65 Å². The minimum Gasteiger partial charge on any atom is -0.291 e. The van der Waals surface area contributed by atoms with Crippen molar-refractivity contribution in [3.8, 4) is 0 Å². The van der Waals surface area contributed by atoms with E-state index in [9.17, 15) is 4.79 Å². The van der Waals surface area contributed by atoms with Crippen LogP contribution >= 0.6 is 0 Å². The van der Waals surface area contributed by atoms with E-state index in [1.54, 1.807) is 16.7 Å². The van der Waals surface area contributed by atoms with E-state index < -0.39 is 0 Å². The molecule has 0 saturated carbocycles. The van der Waals surface area contributed by atoms with Gasteiger partial charge in [0, 0.05) is 24.8 Å². The molecule has 4 nitrogen and oxygen atoms in total. The van der Waals surface area contributed by atoms with E-state index in [2.05, 4.69) is 36.1 Å². The zero-order valence-corrected chi connectivity index (χ0v) is 14.8. The Morgan fingerprint density at radius 3 is 2.76 bits per heavy atom. The molecule has 1 atom stereocenters. The van der Waals surface area contributed by atoms with Gasteiger partial charge in [0.15, 0.2) is 0 Å². The lowest BCUT2D eigenvalue weighted by Crippen LogP contribution is -2.25. The maximum Gasteiger partial charge on any atom is 0.258 e. The first kappa shape index (κ1) is 16.0. The Balaban J connectivity index is 1.65. The Kier molecular flexibility index (Phi) is 4.14. The van der Waals surface area contributed by atoms with E-state index in [4.69, 9.17) is 4.98 Å². The van der Waals surface area contributed by atoms with Crippen molar-refractivity contribution in [2.24, 2.45) is 0 Å². The second-order valence-electron chi connectivity index (χ2n) is 7.01. The van der Waals surface area contributed by atoms with Crippen LogP contribution in [0, 0.1) is 13.8 Å². The van der Waals surface area contributed by atoms with Crippen LogP contribution in [0.1, 0.15) is 41.3 Å². The molecule has 0 spiro atoms. The number of fused-ring (bicyclic) bond motifs is 1. The Hall–Kier alpha value is -2.46. The number of likely N-dealkylation sites (tertiary alicyclic amines) is 1. The zero-order valence-electron chi connectivity index (χ0n) is 14.8. The molecule has 3 aromatic rings. The fraction of sp³-hybridized carbons (Fsp3) is 0.333. The Labute approximate surface area is 147 Å². The molecule has 1 saturated heterocycles. The smallest absolute Gasteiger partial charge is 0.258 e. The Morgan fingerprint density at radius 2 is 1.96 bits per heavy atom. The van der Waals surface area contributed by atoms with E-state index in [0.717, 1.165) is 36.4 Å². The number of pyridine rings is 1. The first-order valence-corrected chi connectivity index (χ1v) is 8.90. The predicted octanol–water partition coefficient (Wildman–Crippen LogP) is 3.65. The van der Waals surface area contributed by atoms with E-state index >= 15 is 0 Å². The summed E-state index contributed by atoms with van der Waals surface area (Å²) in [5.74, 6) is 0. The average Bonchev–Trinajstić information content (AvgIpc) is 3.05. The van der Waals surface area contributed by atoms with Gasteiger partial charge in [0.2, 0.25) is 0 Å². The third-order valence-corrected chi connectivity index (χ3v) is 5.13. The van der Waals surface area contributed by atoms with Gasteiger partial charge in [0.05, 0.1) is 5.69 Å². The summed E-state index contributed by atoms with van der Waals surface area (Å²) in [6.45, 7) is 5.88. The van der Waals surface area contributed by atoms with Crippen molar-refractivity contribution >= 4 is 5.65 Å². The summed E-state index contributed by atoms with van der Waals surface area (Å²) in [6, 6.07) is 14.8. The molecular weight excluding hydrogens is 310 g/mol. The van der Waals surface area contributed by atoms with E-state index in [1.807, 2.05) is 19.1 Å². The molecule has 0 amide bonds. The van der Waals surface area contributed by atoms with Crippen LogP contribution in [0.5, 0.6) is 0 Å². The van der Waals surface area contributed by atoms with Crippen LogP contribution in [0.15, 0.2) is 53.5 Å². The molecule has 3 heterocycles. The number of hydrogen-bond donors (Lipinski definition) is 0. The van der Waals surface area contributed by atoms with Crippen LogP contribution < -0.4 is 5.56 Å². The van der Waals surface area contributed by atoms with Crippen LogP contribution in [-0.4, -0.2) is 20.8 Å². The number of aromatic nitrogens is 2. The van der Waals surface area contributed by atoms with Gasteiger partial charge in [-0.1, -0.05) is 35.9 Å². The molecule has 0 aliphatic carbocycles. The van der Waals surface area contributed by atoms with Gasteiger partial charge in [-0.15, -0.1) is 0 Å². The molecule has 0 N–H and O–H groups in total. The van der Waals surface area contributed by atoms with Crippen molar-refractivity contribution in [1.82, 2.24) is 14.3 Å². The molecule has 4 rings (SSSR count). The van der Waals surface area contributed by atoms with Gasteiger partial charge >= 0.3 is 0 Å². The first-order chi connectivity index (χ1) is 12.1. The number of rotatable bonds is 3. The second-order valence-corrected chi connectivity index (χ2v) is 7.01. The third kappa shape index (κ3) is 3.10. The SMILES string of the molecule is Cc1ccc([C@H]2CCCN2Cc2cc(=O)n3cccc(C)c3n2)cc1. The second kappa shape index (κ2) is 6.45. The van der Waals surface area contributed by atoms with Gasteiger partial charge in [0.1, 0.15) is 5.65 Å². The van der Waals surface area contributed by atoms with Gasteiger partial charge in [-0.25, -0.2) is 4.98 Å². The predicted molar refractivity (Wildman–Crippen MR) is 99.8 cm³/mol. The molecule has 0 radical (unpaired) electrons. The average molecular weight is 333 g/mol. The van der Waals surface area contributed by atoms with E-state index in [0.29, 0.717) is 6.04 Å². The molecule has 4 heteroatoms. The highest BCUT2D eigenvalue weighted by Gasteiger charge is 2.26. The molecule has 1 aliphatic heterocycles. The zero-order chi connectivity index (χ0) is 17.4. The minimum atomic E-state index is -0.00483. The van der Waals surface area contributed by atoms with Crippen molar-refractivity contribution in [2.45, 2.75) is 39.3 Å². The molecule has 1 fully saturated rings. The number of benzene rings is 1. The number of aryl methyl sites for hydroxylation is 2. The van der Waals surface area contributed by atoms with Crippen LogP contribution in [-0.2, 0) is 6.54 Å². The molecule has 0 bridgehead atoms. The van der Waals surface area contributed by atoms with Gasteiger partial charge in [0.25, 0.3) is 5.56 Å². The third-order valence-electron chi connectivity index (χ3n) is 5.13. The molecule has 128 valence electrons. The Morgan fingerprint density at radius 1 is 1.16 bits per heavy atom. The lowest BCUT2D eigenvalue weighted by Gasteiger charge is -2.24. The van der Waals surface area contributed by atoms with Gasteiger partial charge in [-0.05, 0) is 50.4 Å². The van der Waals surface area contributed by atoms with Gasteiger partial charge in [-0.2, -0.15) is 0 Å². The first-order valence-electron chi connectivity index (χ1n) is 8.90. The summed E-state index contributed by atoms with van der Waals surface area (Å²) in [5, 5.41) is 0. The summed E-state index contributed by atoms with van der Waals surface area (Å²) in [5.41, 5.74) is 5.28. The summed E-state index contributed by atoms with van der Waals surface area (Å²) >= 11 is 0. The van der Waals surface area contributed by atoms with Crippen molar-refractivity contribution < 1.29 is 0 Å². The monoisotopic (exact) mass is 333 g/mol. The van der Waals surface area contributed by atoms with Crippen molar-refractivity contribution in [1.29, 1.82) is 0 Å². The van der Waals surface area contributed by atoms with Gasteiger partial charge < -0.3 is 0 Å². The summed E-state index contributed by atoms with van der Waals surface area (Å²) in [7, 11) is 0. The quantitative estimate of drug-likeness (QED) is 0.734. The Bertz CT molecular complexity index is 959. The summed E-state index contributed by atoms with van der Waals surface area (Å²) in [4.78, 5) is 19.6. The van der Waals surface area contributed by atoms with Crippen molar-refractivity contribution in [3.05, 3.63) is 81.4 Å². The fourth-order valence-electron chi connectivity index (χ4n) is 3.78. The number of hydrogen-bond acceptors (Lipinski definition) is 3. The molecule has 1 aromatic carbocycles. The summed E-state index contributed by atoms with van der Waals surface area (Å²) in [6.07, 6.45) is 4.13. The normalized spacial score (nSPS) is 18.1. The maximum absolute atomic E-state index is 12.4. The summed E-state index contributed by atoms with van der Waals surface area (Å²) < 4.78 is 1.63. The van der Waals surface area contributed by atoms with Crippen LogP contribution in [0.4, 0.5) is 0 Å². The van der Waals surface area contributed by atoms with Crippen molar-refractivity contribution in [3.63, 3.8) is 0 Å². The maximum atomic E-state index is 12.4. The van der Waals surface area contributed by atoms with Crippen LogP contribution in [0.3, 0.4) is 0 Å². The van der Waals surface area contributed by atoms with E-state index in [-0.39, 0.29) is 5.56 Å². The topological polar surface area (TPSA) is 37.6 Å². The fourth-order valence-corrected chi connectivity index (χ4v) is 3.78. The van der Waals surface area contributed by atoms with Crippen LogP contribution in [0.2, 0.25) is 0 Å². The highest BCUT2D eigenvalue weighted by atomic mass is 16.1. The largest absolute Gasteiger partial charge is 0.291 e. The van der Waals surface area contributed by atoms with E-state index in [1.165, 1.54) is 17.5 Å². The standard InChI is InChI=1S/C21H23N3O/c1-15-7-9-17(10-8-15)19-6-4-11-23(19)14-18-13-20(25)24-12-3-5-16(2)21(24)22-18/h3,5,7-10,12-13,19H,4,6,11,14H2,1-2H3/t19-/m1/s1. The number of nitrogens with zero attached hydrogens (tertiary/aromatic N) is 3. The molecule has 25 heavy (non-hydrogen) atoms. The molecule has 1 aliphatic rings. The molecular formula is C21H23N3O. The molecule has 2 aromatic heterocycles. The molecule has 0 unspecified atom stereocenters. The lowest BCUT2D eigenvalue weighted by atomic mass is 10.0. The highest BCUT2D eigenvalue weighted by molar-refractivity contribution is 5.46. The highest BCUT2D eigenvalue weighted by Crippen LogP contribution is 2.32. The van der Waals surface area contributed by atoms with Crippen molar-refractivity contribution in [2.75, 3.05) is 6.54 Å². The van der Waals surface area contributed by atoms with Gasteiger partial charge in [-0.3, -0.25) is 14.1 Å². The minimum absolute atomic E-state index is 0.00483. The lowest BCUT2D eigenvalue weighted by molar-refractivity contribution is 0.245.